The third-order valence-corrected chi connectivity index (χ3v) is 3.86. The molecule has 23 heavy (non-hydrogen) atoms. The molecule has 0 saturated heterocycles. The number of nitrogens with zero attached hydrogens (tertiary/aromatic N) is 1. The van der Waals surface area contributed by atoms with Gasteiger partial charge in [0.25, 0.3) is 6.47 Å². The summed E-state index contributed by atoms with van der Waals surface area (Å²) in [6.45, 7) is 11.7. The molecule has 0 unspecified atom stereocenters. The lowest BCUT2D eigenvalue weighted by Crippen LogP contribution is -2.29. The van der Waals surface area contributed by atoms with Crippen LogP contribution >= 0.6 is 0 Å². The molecule has 3 rings (SSSR count). The second-order valence-electron chi connectivity index (χ2n) is 6.67. The van der Waals surface area contributed by atoms with E-state index >= 15 is 0 Å². The van der Waals surface area contributed by atoms with Crippen molar-refractivity contribution in [2.45, 2.75) is 46.1 Å². The Bertz CT molecular complexity index is 714. The van der Waals surface area contributed by atoms with Crippen LogP contribution in [0.1, 0.15) is 45.9 Å². The van der Waals surface area contributed by atoms with Crippen molar-refractivity contribution in [3.05, 3.63) is 35.9 Å². The van der Waals surface area contributed by atoms with Crippen LogP contribution in [0.4, 0.5) is 0 Å². The molecule has 2 aromatic rings. The smallest absolute Gasteiger partial charge is 0.293 e. The number of carbonyl (C=O) groups excluding carboxylic acids is 1. The number of fused-ring (bicyclic) bond motifs is 3. The molecule has 0 atom stereocenters. The van der Waals surface area contributed by atoms with Crippen LogP contribution in [0.15, 0.2) is 24.7 Å². The summed E-state index contributed by atoms with van der Waals surface area (Å²) >= 11 is 0. The third-order valence-electron chi connectivity index (χ3n) is 3.86. The molecule has 0 aliphatic carbocycles. The number of aromatic amines is 1. The van der Waals surface area contributed by atoms with E-state index in [0.29, 0.717) is 6.47 Å². The van der Waals surface area contributed by atoms with Crippen LogP contribution in [-0.2, 0) is 14.9 Å². The lowest BCUT2D eigenvalue weighted by molar-refractivity contribution is -0.131. The molecule has 0 fully saturated rings. The van der Waals surface area contributed by atoms with Gasteiger partial charge in [0, 0.05) is 35.4 Å². The Labute approximate surface area is 137 Å². The Kier molecular flexibility index (Phi) is 5.08. The summed E-state index contributed by atoms with van der Waals surface area (Å²) in [5.41, 5.74) is 5.13. The van der Waals surface area contributed by atoms with Crippen molar-refractivity contribution in [3.63, 3.8) is 0 Å². The van der Waals surface area contributed by atoms with E-state index in [1.165, 1.54) is 22.2 Å². The molecule has 5 heteroatoms. The Morgan fingerprint density at radius 2 is 2.13 bits per heavy atom. The molecule has 2 N–H and O–H groups in total. The third kappa shape index (κ3) is 3.73. The summed E-state index contributed by atoms with van der Waals surface area (Å²) in [6.07, 6.45) is 5.89. The van der Waals surface area contributed by atoms with E-state index < -0.39 is 0 Å². The fourth-order valence-electron chi connectivity index (χ4n) is 2.77. The second-order valence-corrected chi connectivity index (χ2v) is 6.67. The van der Waals surface area contributed by atoms with Crippen LogP contribution in [0.2, 0.25) is 0 Å². The predicted molar refractivity (Wildman–Crippen MR) is 93.1 cm³/mol. The first-order chi connectivity index (χ1) is 10.9. The number of hydrogen-bond donors (Lipinski definition) is 2. The number of rotatable bonds is 2. The van der Waals surface area contributed by atoms with Crippen molar-refractivity contribution in [3.8, 4) is 0 Å². The van der Waals surface area contributed by atoms with Crippen molar-refractivity contribution < 1.29 is 9.53 Å². The highest BCUT2D eigenvalue weighted by molar-refractivity contribution is 5.89. The summed E-state index contributed by atoms with van der Waals surface area (Å²) in [4.78, 5) is 17.1. The predicted octanol–water partition coefficient (Wildman–Crippen LogP) is 3.37. The number of carbonyl (C=O) groups is 1. The summed E-state index contributed by atoms with van der Waals surface area (Å²) in [7, 11) is 0. The molecule has 2 aromatic heterocycles. The van der Waals surface area contributed by atoms with Gasteiger partial charge < -0.3 is 15.0 Å². The van der Waals surface area contributed by atoms with E-state index in [0.717, 1.165) is 12.1 Å². The summed E-state index contributed by atoms with van der Waals surface area (Å²) < 4.78 is 4.36. The molecule has 1 aliphatic heterocycles. The second kappa shape index (κ2) is 6.86. The first-order valence-corrected chi connectivity index (χ1v) is 7.82. The Hall–Kier alpha value is -2.30. The number of H-pyrrole nitrogens is 1. The molecule has 0 bridgehead atoms. The highest BCUT2D eigenvalue weighted by atomic mass is 16.5. The van der Waals surface area contributed by atoms with Crippen LogP contribution in [0.3, 0.4) is 0 Å². The maximum atomic E-state index is 9.39. The number of ether oxygens (including phenoxy) is 1. The van der Waals surface area contributed by atoms with Gasteiger partial charge in [0.15, 0.2) is 0 Å². The van der Waals surface area contributed by atoms with Gasteiger partial charge in [-0.25, -0.2) is 0 Å². The quantitative estimate of drug-likeness (QED) is 0.834. The minimum absolute atomic E-state index is 0.0301. The zero-order valence-corrected chi connectivity index (χ0v) is 14.4. The number of hydrogen-bond acceptors (Lipinski definition) is 4. The monoisotopic (exact) mass is 315 g/mol. The molecule has 0 saturated carbocycles. The average molecular weight is 315 g/mol. The first-order valence-electron chi connectivity index (χ1n) is 7.82. The Morgan fingerprint density at radius 3 is 2.74 bits per heavy atom. The van der Waals surface area contributed by atoms with Crippen LogP contribution in [0.5, 0.6) is 0 Å². The van der Waals surface area contributed by atoms with Crippen molar-refractivity contribution in [1.29, 1.82) is 0 Å². The highest BCUT2D eigenvalue weighted by Gasteiger charge is 2.29. The lowest BCUT2D eigenvalue weighted by atomic mass is 9.82. The molecule has 0 radical (unpaired) electrons. The maximum absolute atomic E-state index is 9.39. The van der Waals surface area contributed by atoms with E-state index in [9.17, 15) is 4.79 Å². The normalized spacial score (nSPS) is 15.7. The van der Waals surface area contributed by atoms with E-state index in [1.54, 1.807) is 13.8 Å². The van der Waals surface area contributed by atoms with Crippen LogP contribution in [-0.4, -0.2) is 29.1 Å². The molecule has 0 spiro atoms. The SMILES string of the molecule is CC(C)OC=O.CC1=CNCC(C)(C)c2c1[nH]c1cnccc21. The van der Waals surface area contributed by atoms with Crippen molar-refractivity contribution in [2.75, 3.05) is 6.54 Å². The van der Waals surface area contributed by atoms with Gasteiger partial charge in [-0.2, -0.15) is 0 Å². The number of aromatic nitrogens is 2. The van der Waals surface area contributed by atoms with Gasteiger partial charge in [-0.05, 0) is 38.0 Å². The van der Waals surface area contributed by atoms with Crippen molar-refractivity contribution in [1.82, 2.24) is 15.3 Å². The minimum Gasteiger partial charge on any atom is -0.465 e. The standard InChI is InChI=1S/C14H17N3.C4H8O2/c1-9-6-16-8-14(2,3)12-10-4-5-15-7-11(10)17-13(9)12;1-4(2)6-3-5/h4-7,16-17H,8H2,1-3H3;3-4H,1-2H3. The maximum Gasteiger partial charge on any atom is 0.293 e. The zero-order valence-electron chi connectivity index (χ0n) is 14.4. The van der Waals surface area contributed by atoms with Gasteiger partial charge in [0.1, 0.15) is 0 Å². The van der Waals surface area contributed by atoms with Crippen LogP contribution in [0, 0.1) is 0 Å². The van der Waals surface area contributed by atoms with Crippen LogP contribution in [0.25, 0.3) is 16.5 Å². The van der Waals surface area contributed by atoms with E-state index in [4.69, 9.17) is 0 Å². The Balaban J connectivity index is 0.000000277. The Morgan fingerprint density at radius 1 is 1.39 bits per heavy atom. The minimum atomic E-state index is 0.0301. The summed E-state index contributed by atoms with van der Waals surface area (Å²) in [5, 5.41) is 4.68. The summed E-state index contributed by atoms with van der Waals surface area (Å²) in [6, 6.07) is 2.10. The molecule has 1 aliphatic rings. The largest absolute Gasteiger partial charge is 0.465 e. The highest BCUT2D eigenvalue weighted by Crippen LogP contribution is 2.37. The number of nitrogens with one attached hydrogen (secondary N) is 2. The molecular weight excluding hydrogens is 290 g/mol. The molecule has 3 heterocycles. The average Bonchev–Trinajstić information content (AvgIpc) is 2.83. The van der Waals surface area contributed by atoms with Crippen molar-refractivity contribution in [2.24, 2.45) is 0 Å². The van der Waals surface area contributed by atoms with Crippen LogP contribution < -0.4 is 5.32 Å². The molecule has 124 valence electrons. The van der Waals surface area contributed by atoms with Gasteiger partial charge in [0.05, 0.1) is 17.8 Å². The molecule has 0 aromatic carbocycles. The molecule has 5 nitrogen and oxygen atoms in total. The van der Waals surface area contributed by atoms with Crippen molar-refractivity contribution >= 4 is 22.9 Å². The number of pyridine rings is 1. The molecular formula is C18H25N3O2. The fraction of sp³-hybridized carbons (Fsp3) is 0.444. The van der Waals surface area contributed by atoms with E-state index in [1.807, 2.05) is 12.4 Å². The fourth-order valence-corrected chi connectivity index (χ4v) is 2.77. The van der Waals surface area contributed by atoms with E-state index in [-0.39, 0.29) is 11.5 Å². The zero-order chi connectivity index (χ0) is 17.0. The lowest BCUT2D eigenvalue weighted by Gasteiger charge is -2.24. The van der Waals surface area contributed by atoms with Gasteiger partial charge in [-0.3, -0.25) is 9.78 Å². The first kappa shape index (κ1) is 17.1. The van der Waals surface area contributed by atoms with E-state index in [2.05, 4.69) is 53.1 Å². The van der Waals surface area contributed by atoms with Gasteiger partial charge in [-0.15, -0.1) is 0 Å². The number of allylic oxidation sites excluding steroid dienone is 1. The summed E-state index contributed by atoms with van der Waals surface area (Å²) in [5.74, 6) is 0. The van der Waals surface area contributed by atoms with Gasteiger partial charge in [0.2, 0.25) is 0 Å². The topological polar surface area (TPSA) is 67.0 Å². The van der Waals surface area contributed by atoms with Gasteiger partial charge >= 0.3 is 0 Å². The molecule has 0 amide bonds. The van der Waals surface area contributed by atoms with Gasteiger partial charge in [-0.1, -0.05) is 13.8 Å².